The Hall–Kier alpha value is -3.39. The molecule has 32 heavy (non-hydrogen) atoms. The lowest BCUT2D eigenvalue weighted by Crippen LogP contribution is -2.33. The normalized spacial score (nSPS) is 19.2. The number of nitrogens with zero attached hydrogens (tertiary/aromatic N) is 3. The van der Waals surface area contributed by atoms with Gasteiger partial charge in [-0.15, -0.1) is 0 Å². The summed E-state index contributed by atoms with van der Waals surface area (Å²) < 4.78 is 10.7. The highest BCUT2D eigenvalue weighted by atomic mass is 16.7. The second kappa shape index (κ2) is 9.40. The number of ketones is 1. The smallest absolute Gasteiger partial charge is 0.295 e. The lowest BCUT2D eigenvalue weighted by molar-refractivity contribution is -0.140. The number of likely N-dealkylation sites (tertiary alicyclic amines) is 1. The Balaban J connectivity index is 1.71. The molecular weight excluding hydrogens is 410 g/mol. The van der Waals surface area contributed by atoms with Crippen molar-refractivity contribution < 1.29 is 24.2 Å². The summed E-state index contributed by atoms with van der Waals surface area (Å²) in [6.07, 6.45) is 2.33. The van der Waals surface area contributed by atoms with Gasteiger partial charge in [-0.25, -0.2) is 0 Å². The van der Waals surface area contributed by atoms with Crippen LogP contribution in [0.1, 0.15) is 37.6 Å². The maximum Gasteiger partial charge on any atom is 0.295 e. The third-order valence-corrected chi connectivity index (χ3v) is 5.92. The zero-order valence-corrected chi connectivity index (χ0v) is 18.3. The average Bonchev–Trinajstić information content (AvgIpc) is 3.39. The Morgan fingerprint density at radius 1 is 1.16 bits per heavy atom. The molecule has 1 aromatic heterocycles. The van der Waals surface area contributed by atoms with Crippen LogP contribution in [-0.2, 0) is 9.59 Å². The Labute approximate surface area is 187 Å². The molecule has 8 nitrogen and oxygen atoms in total. The zero-order valence-electron chi connectivity index (χ0n) is 18.3. The van der Waals surface area contributed by atoms with E-state index >= 15 is 0 Å². The molecule has 1 amide bonds. The van der Waals surface area contributed by atoms with E-state index < -0.39 is 17.7 Å². The van der Waals surface area contributed by atoms with E-state index in [1.807, 2.05) is 0 Å². The molecule has 1 fully saturated rings. The van der Waals surface area contributed by atoms with Gasteiger partial charge in [0.25, 0.3) is 11.7 Å². The largest absolute Gasteiger partial charge is 0.507 e. The summed E-state index contributed by atoms with van der Waals surface area (Å²) in [6.45, 7) is 7.33. The van der Waals surface area contributed by atoms with E-state index in [9.17, 15) is 14.7 Å². The van der Waals surface area contributed by atoms with Gasteiger partial charge in [-0.3, -0.25) is 14.6 Å². The van der Waals surface area contributed by atoms with Gasteiger partial charge < -0.3 is 24.4 Å². The van der Waals surface area contributed by atoms with Crippen LogP contribution >= 0.6 is 0 Å². The van der Waals surface area contributed by atoms with E-state index in [2.05, 4.69) is 23.7 Å². The first-order valence-corrected chi connectivity index (χ1v) is 10.9. The topological polar surface area (TPSA) is 92.2 Å². The minimum Gasteiger partial charge on any atom is -0.507 e. The van der Waals surface area contributed by atoms with Crippen molar-refractivity contribution in [3.63, 3.8) is 0 Å². The van der Waals surface area contributed by atoms with Crippen LogP contribution in [-0.4, -0.2) is 64.6 Å². The maximum atomic E-state index is 13.1. The highest BCUT2D eigenvalue weighted by molar-refractivity contribution is 6.46. The number of aliphatic hydroxyl groups excluding tert-OH is 1. The number of ether oxygens (including phenoxy) is 2. The van der Waals surface area contributed by atoms with Crippen LogP contribution in [0, 0.1) is 0 Å². The molecule has 1 saturated heterocycles. The summed E-state index contributed by atoms with van der Waals surface area (Å²) >= 11 is 0. The van der Waals surface area contributed by atoms with Crippen molar-refractivity contribution in [2.75, 3.05) is 33.0 Å². The second-order valence-corrected chi connectivity index (χ2v) is 7.70. The summed E-state index contributed by atoms with van der Waals surface area (Å²) in [5.74, 6) is -0.527. The number of rotatable bonds is 8. The minimum atomic E-state index is -0.752. The van der Waals surface area contributed by atoms with Gasteiger partial charge in [0.15, 0.2) is 11.5 Å². The molecule has 8 heteroatoms. The molecule has 0 aliphatic carbocycles. The minimum absolute atomic E-state index is 0.0374. The monoisotopic (exact) mass is 437 g/mol. The van der Waals surface area contributed by atoms with Gasteiger partial charge in [-0.2, -0.15) is 0 Å². The van der Waals surface area contributed by atoms with Crippen molar-refractivity contribution in [3.05, 3.63) is 59.4 Å². The average molecular weight is 437 g/mol. The van der Waals surface area contributed by atoms with Gasteiger partial charge in [0.1, 0.15) is 11.8 Å². The SMILES string of the molecule is CCN(CC)CCCN1C(=O)C(=O)C(=C(O)c2ccc3c(c2)OCO3)[C@H]1c1ccccn1. The first-order valence-electron chi connectivity index (χ1n) is 10.9. The Bertz CT molecular complexity index is 1030. The molecule has 0 bridgehead atoms. The fourth-order valence-electron chi connectivity index (χ4n) is 4.16. The highest BCUT2D eigenvalue weighted by Gasteiger charge is 2.46. The van der Waals surface area contributed by atoms with E-state index in [-0.39, 0.29) is 18.1 Å². The fraction of sp³-hybridized carbons (Fsp3) is 0.375. The first kappa shape index (κ1) is 21.8. The van der Waals surface area contributed by atoms with E-state index in [0.717, 1.165) is 19.6 Å². The standard InChI is InChI=1S/C24H27N3O5/c1-3-26(4-2)12-7-13-27-21(17-8-5-6-11-25-17)20(23(29)24(27)30)22(28)16-9-10-18-19(14-16)32-15-31-18/h5-6,8-11,14,21,28H,3-4,7,12-13,15H2,1-2H3/t21-/m1/s1. The molecule has 0 spiro atoms. The van der Waals surface area contributed by atoms with Gasteiger partial charge >= 0.3 is 0 Å². The number of pyridine rings is 1. The van der Waals surface area contributed by atoms with Gasteiger partial charge in [-0.05, 0) is 56.4 Å². The summed E-state index contributed by atoms with van der Waals surface area (Å²) in [5, 5.41) is 11.1. The Morgan fingerprint density at radius 3 is 2.66 bits per heavy atom. The van der Waals surface area contributed by atoms with Crippen LogP contribution in [0.3, 0.4) is 0 Å². The number of aliphatic hydroxyl groups is 1. The molecule has 2 aliphatic heterocycles. The highest BCUT2D eigenvalue weighted by Crippen LogP contribution is 2.40. The number of fused-ring (bicyclic) bond motifs is 1. The Morgan fingerprint density at radius 2 is 1.94 bits per heavy atom. The summed E-state index contributed by atoms with van der Waals surface area (Å²) in [6, 6.07) is 9.52. The molecule has 0 radical (unpaired) electrons. The van der Waals surface area contributed by atoms with Gasteiger partial charge in [0.2, 0.25) is 6.79 Å². The number of amides is 1. The van der Waals surface area contributed by atoms with Crippen LogP contribution in [0.25, 0.3) is 5.76 Å². The van der Waals surface area contributed by atoms with Crippen molar-refractivity contribution >= 4 is 17.4 Å². The van der Waals surface area contributed by atoms with Gasteiger partial charge in [0, 0.05) is 18.3 Å². The first-order chi connectivity index (χ1) is 15.5. The molecule has 3 heterocycles. The molecule has 1 N–H and O–H groups in total. The van der Waals surface area contributed by atoms with E-state index in [4.69, 9.17) is 9.47 Å². The number of hydrogen-bond donors (Lipinski definition) is 1. The van der Waals surface area contributed by atoms with Crippen LogP contribution < -0.4 is 9.47 Å². The Kier molecular flexibility index (Phi) is 6.41. The lowest BCUT2D eigenvalue weighted by atomic mass is 9.98. The van der Waals surface area contributed by atoms with Crippen molar-refractivity contribution in [1.29, 1.82) is 0 Å². The van der Waals surface area contributed by atoms with Crippen LogP contribution in [0.2, 0.25) is 0 Å². The number of carbonyl (C=O) groups excluding carboxylic acids is 2. The van der Waals surface area contributed by atoms with Crippen molar-refractivity contribution in [3.8, 4) is 11.5 Å². The zero-order chi connectivity index (χ0) is 22.7. The summed E-state index contributed by atoms with van der Waals surface area (Å²) in [7, 11) is 0. The lowest BCUT2D eigenvalue weighted by Gasteiger charge is -2.26. The van der Waals surface area contributed by atoms with E-state index in [1.165, 1.54) is 4.90 Å². The predicted octanol–water partition coefficient (Wildman–Crippen LogP) is 2.96. The summed E-state index contributed by atoms with van der Waals surface area (Å²) in [5.41, 5.74) is 0.962. The number of aromatic nitrogens is 1. The van der Waals surface area contributed by atoms with E-state index in [1.54, 1.807) is 42.6 Å². The summed E-state index contributed by atoms with van der Waals surface area (Å²) in [4.78, 5) is 34.2. The quantitative estimate of drug-likeness (QED) is 0.386. The molecule has 168 valence electrons. The number of carbonyl (C=O) groups is 2. The van der Waals surface area contributed by atoms with Crippen LogP contribution in [0.5, 0.6) is 11.5 Å². The molecule has 2 aliphatic rings. The third-order valence-electron chi connectivity index (χ3n) is 5.92. The number of benzene rings is 1. The molecule has 2 aromatic rings. The van der Waals surface area contributed by atoms with Crippen LogP contribution in [0.15, 0.2) is 48.2 Å². The number of Topliss-reactive ketones (excluding diaryl/α,β-unsaturated/α-hetero) is 1. The van der Waals surface area contributed by atoms with Crippen molar-refractivity contribution in [2.24, 2.45) is 0 Å². The maximum absolute atomic E-state index is 13.1. The van der Waals surface area contributed by atoms with Crippen molar-refractivity contribution in [1.82, 2.24) is 14.8 Å². The second-order valence-electron chi connectivity index (χ2n) is 7.70. The molecule has 0 unspecified atom stereocenters. The van der Waals surface area contributed by atoms with Gasteiger partial charge in [-0.1, -0.05) is 19.9 Å². The molecule has 4 rings (SSSR count). The van der Waals surface area contributed by atoms with Gasteiger partial charge in [0.05, 0.1) is 11.3 Å². The molecular formula is C24H27N3O5. The van der Waals surface area contributed by atoms with Crippen molar-refractivity contribution in [2.45, 2.75) is 26.3 Å². The predicted molar refractivity (Wildman–Crippen MR) is 118 cm³/mol. The molecule has 1 aromatic carbocycles. The van der Waals surface area contributed by atoms with E-state index in [0.29, 0.717) is 35.7 Å². The molecule has 0 saturated carbocycles. The van der Waals surface area contributed by atoms with Crippen LogP contribution in [0.4, 0.5) is 0 Å². The molecule has 1 atom stereocenters. The third kappa shape index (κ3) is 4.05. The number of hydrogen-bond acceptors (Lipinski definition) is 7. The fourth-order valence-corrected chi connectivity index (χ4v) is 4.16.